The highest BCUT2D eigenvalue weighted by Crippen LogP contribution is 2.23. The number of rotatable bonds is 4. The molecule has 0 aliphatic heterocycles. The minimum absolute atomic E-state index is 0.138. The average molecular weight is 338 g/mol. The minimum atomic E-state index is -4.71. The van der Waals surface area contributed by atoms with Crippen molar-refractivity contribution in [3.8, 4) is 5.75 Å². The van der Waals surface area contributed by atoms with Crippen molar-refractivity contribution in [1.82, 2.24) is 4.98 Å². The van der Waals surface area contributed by atoms with E-state index in [1.54, 1.807) is 0 Å². The second-order valence-corrected chi connectivity index (χ2v) is 5.10. The highest BCUT2D eigenvalue weighted by atomic mass is 19.4. The van der Waals surface area contributed by atoms with Crippen LogP contribution in [0.15, 0.2) is 41.4 Å². The summed E-state index contributed by atoms with van der Waals surface area (Å²) in [4.78, 5) is 8.54. The molecular formula is C16H17F3N4O. The zero-order chi connectivity index (χ0) is 17.7. The zero-order valence-corrected chi connectivity index (χ0v) is 13.2. The van der Waals surface area contributed by atoms with Crippen molar-refractivity contribution >= 4 is 11.6 Å². The van der Waals surface area contributed by atoms with Gasteiger partial charge < -0.3 is 15.8 Å². The lowest BCUT2D eigenvalue weighted by Crippen LogP contribution is -2.22. The quantitative estimate of drug-likeness (QED) is 0.661. The fourth-order valence-corrected chi connectivity index (χ4v) is 1.86. The normalized spacial score (nSPS) is 12.1. The average Bonchev–Trinajstić information content (AvgIpc) is 2.49. The molecule has 128 valence electrons. The number of nitrogens with two attached hydrogens (primary N) is 1. The number of aryl methyl sites for hydroxylation is 2. The van der Waals surface area contributed by atoms with Crippen molar-refractivity contribution < 1.29 is 17.9 Å². The topological polar surface area (TPSA) is 72.5 Å². The lowest BCUT2D eigenvalue weighted by molar-refractivity contribution is -0.274. The largest absolute Gasteiger partial charge is 0.573 e. The summed E-state index contributed by atoms with van der Waals surface area (Å²) in [6, 6.07) is 9.02. The molecule has 0 aliphatic rings. The van der Waals surface area contributed by atoms with Crippen molar-refractivity contribution in [2.75, 3.05) is 5.32 Å². The van der Waals surface area contributed by atoms with Crippen LogP contribution in [0.2, 0.25) is 0 Å². The molecule has 0 amide bonds. The molecule has 1 aromatic heterocycles. The Morgan fingerprint density at radius 2 is 1.83 bits per heavy atom. The molecule has 1 heterocycles. The lowest BCUT2D eigenvalue weighted by Gasteiger charge is -2.10. The Morgan fingerprint density at radius 1 is 1.17 bits per heavy atom. The van der Waals surface area contributed by atoms with Gasteiger partial charge in [0.1, 0.15) is 5.75 Å². The first-order valence-electron chi connectivity index (χ1n) is 7.09. The summed E-state index contributed by atoms with van der Waals surface area (Å²) in [6.45, 7) is 4.18. The summed E-state index contributed by atoms with van der Waals surface area (Å²) < 4.78 is 40.0. The Bertz CT molecular complexity index is 727. The Hall–Kier alpha value is -2.77. The Morgan fingerprint density at radius 3 is 2.42 bits per heavy atom. The van der Waals surface area contributed by atoms with Gasteiger partial charge in [0.25, 0.3) is 0 Å². The summed E-state index contributed by atoms with van der Waals surface area (Å²) >= 11 is 0. The number of aromatic nitrogens is 1. The number of hydrogen-bond acceptors (Lipinski definition) is 3. The van der Waals surface area contributed by atoms with E-state index in [1.807, 2.05) is 26.0 Å². The Labute approximate surface area is 137 Å². The van der Waals surface area contributed by atoms with Crippen LogP contribution in [0.5, 0.6) is 5.75 Å². The van der Waals surface area contributed by atoms with E-state index in [0.717, 1.165) is 17.0 Å². The maximum absolute atomic E-state index is 12.1. The van der Waals surface area contributed by atoms with Crippen LogP contribution in [0.4, 0.5) is 18.9 Å². The van der Waals surface area contributed by atoms with Gasteiger partial charge in [0, 0.05) is 11.4 Å². The molecule has 0 bridgehead atoms. The number of halogens is 3. The van der Waals surface area contributed by atoms with Crippen molar-refractivity contribution in [2.24, 2.45) is 10.7 Å². The monoisotopic (exact) mass is 338 g/mol. The number of nitrogens with zero attached hydrogens (tertiary/aromatic N) is 2. The van der Waals surface area contributed by atoms with Crippen molar-refractivity contribution in [3.05, 3.63) is 53.3 Å². The molecule has 1 aromatic carbocycles. The third kappa shape index (κ3) is 5.45. The molecule has 0 saturated carbocycles. The van der Waals surface area contributed by atoms with Crippen LogP contribution in [0.1, 0.15) is 17.0 Å². The van der Waals surface area contributed by atoms with E-state index < -0.39 is 6.36 Å². The van der Waals surface area contributed by atoms with E-state index in [2.05, 4.69) is 20.0 Å². The van der Waals surface area contributed by atoms with Crippen LogP contribution in [0.3, 0.4) is 0 Å². The van der Waals surface area contributed by atoms with Crippen molar-refractivity contribution in [2.45, 2.75) is 26.8 Å². The zero-order valence-electron chi connectivity index (χ0n) is 13.2. The minimum Gasteiger partial charge on any atom is -0.406 e. The molecular weight excluding hydrogens is 321 g/mol. The van der Waals surface area contributed by atoms with E-state index in [9.17, 15) is 13.2 Å². The SMILES string of the molecule is Cc1ccc(CN=C(N)Nc2ccc(OC(F)(F)F)cc2)nc1C. The smallest absolute Gasteiger partial charge is 0.406 e. The first kappa shape index (κ1) is 17.6. The fourth-order valence-electron chi connectivity index (χ4n) is 1.86. The second-order valence-electron chi connectivity index (χ2n) is 5.10. The van der Waals surface area contributed by atoms with Gasteiger partial charge in [-0.1, -0.05) is 6.07 Å². The van der Waals surface area contributed by atoms with Crippen molar-refractivity contribution in [3.63, 3.8) is 0 Å². The van der Waals surface area contributed by atoms with Gasteiger partial charge in [0.05, 0.1) is 12.2 Å². The Balaban J connectivity index is 1.95. The summed E-state index contributed by atoms with van der Waals surface area (Å²) in [5, 5.41) is 2.79. The number of alkyl halides is 3. The molecule has 0 saturated heterocycles. The van der Waals surface area contributed by atoms with Crippen LogP contribution in [-0.2, 0) is 6.54 Å². The first-order valence-corrected chi connectivity index (χ1v) is 7.09. The fraction of sp³-hybridized carbons (Fsp3) is 0.250. The molecule has 5 nitrogen and oxygen atoms in total. The molecule has 2 aromatic rings. The first-order chi connectivity index (χ1) is 11.2. The maximum Gasteiger partial charge on any atom is 0.573 e. The van der Waals surface area contributed by atoms with Crippen LogP contribution < -0.4 is 15.8 Å². The van der Waals surface area contributed by atoms with Gasteiger partial charge in [0.2, 0.25) is 0 Å². The Kier molecular flexibility index (Phi) is 5.28. The summed E-state index contributed by atoms with van der Waals surface area (Å²) in [5.41, 5.74) is 9.05. The molecule has 2 rings (SSSR count). The van der Waals surface area contributed by atoms with Gasteiger partial charge >= 0.3 is 6.36 Å². The molecule has 0 spiro atoms. The summed E-state index contributed by atoms with van der Waals surface area (Å²) in [7, 11) is 0. The predicted molar refractivity (Wildman–Crippen MR) is 85.8 cm³/mol. The van der Waals surface area contributed by atoms with E-state index in [4.69, 9.17) is 5.73 Å². The third-order valence-electron chi connectivity index (χ3n) is 3.18. The van der Waals surface area contributed by atoms with E-state index in [-0.39, 0.29) is 11.7 Å². The van der Waals surface area contributed by atoms with Crippen LogP contribution in [0.25, 0.3) is 0 Å². The van der Waals surface area contributed by atoms with Gasteiger partial charge in [-0.25, -0.2) is 4.99 Å². The molecule has 0 unspecified atom stereocenters. The van der Waals surface area contributed by atoms with Gasteiger partial charge in [-0.05, 0) is 49.7 Å². The number of guanidine groups is 1. The molecule has 0 radical (unpaired) electrons. The molecule has 3 N–H and O–H groups in total. The molecule has 0 aliphatic carbocycles. The lowest BCUT2D eigenvalue weighted by atomic mass is 10.2. The third-order valence-corrected chi connectivity index (χ3v) is 3.18. The van der Waals surface area contributed by atoms with Crippen LogP contribution in [-0.4, -0.2) is 17.3 Å². The highest BCUT2D eigenvalue weighted by molar-refractivity contribution is 5.92. The molecule has 0 fully saturated rings. The number of hydrogen-bond donors (Lipinski definition) is 2. The van der Waals surface area contributed by atoms with Gasteiger partial charge in [-0.3, -0.25) is 4.98 Å². The number of benzene rings is 1. The van der Waals surface area contributed by atoms with E-state index in [0.29, 0.717) is 12.2 Å². The molecule has 0 atom stereocenters. The number of nitrogens with one attached hydrogen (secondary N) is 1. The van der Waals surface area contributed by atoms with Gasteiger partial charge in [-0.15, -0.1) is 13.2 Å². The highest BCUT2D eigenvalue weighted by Gasteiger charge is 2.30. The second kappa shape index (κ2) is 7.20. The number of ether oxygens (including phenoxy) is 1. The van der Waals surface area contributed by atoms with Gasteiger partial charge in [0.15, 0.2) is 5.96 Å². The van der Waals surface area contributed by atoms with Crippen LogP contribution >= 0.6 is 0 Å². The molecule has 8 heteroatoms. The van der Waals surface area contributed by atoms with Crippen LogP contribution in [0, 0.1) is 13.8 Å². The molecule has 24 heavy (non-hydrogen) atoms. The standard InChI is InChI=1S/C16H17F3N4O/c1-10-3-4-13(22-11(10)2)9-21-15(20)23-12-5-7-14(8-6-12)24-16(17,18)19/h3-8H,9H2,1-2H3,(H3,20,21,23). The van der Waals surface area contributed by atoms with Gasteiger partial charge in [-0.2, -0.15) is 0 Å². The summed E-state index contributed by atoms with van der Waals surface area (Å²) in [5.74, 6) is -0.164. The van der Waals surface area contributed by atoms with Crippen molar-refractivity contribution in [1.29, 1.82) is 0 Å². The number of pyridine rings is 1. The number of aliphatic imine (C=N–C) groups is 1. The predicted octanol–water partition coefficient (Wildman–Crippen LogP) is 3.52. The van der Waals surface area contributed by atoms with E-state index >= 15 is 0 Å². The maximum atomic E-state index is 12.1. The number of anilines is 1. The van der Waals surface area contributed by atoms with E-state index in [1.165, 1.54) is 24.3 Å². The summed E-state index contributed by atoms with van der Waals surface area (Å²) in [6.07, 6.45) is -4.71.